The van der Waals surface area contributed by atoms with E-state index < -0.39 is 0 Å². The molecule has 0 atom stereocenters. The molecule has 0 radical (unpaired) electrons. The van der Waals surface area contributed by atoms with Crippen molar-refractivity contribution in [2.45, 2.75) is 33.2 Å². The number of aryl methyl sites for hydroxylation is 2. The smallest absolute Gasteiger partial charge is 0.0624 e. The van der Waals surface area contributed by atoms with Gasteiger partial charge in [-0.3, -0.25) is 4.68 Å². The Labute approximate surface area is 85.6 Å². The standard InChI is InChI=1S/C11H19N3/c1-3-10-9-11(4-2)14(13-10)8-6-5-7-12/h5-6,9H,3-4,7-8,12H2,1-2H3/b6-5+. The molecule has 1 heterocycles. The summed E-state index contributed by atoms with van der Waals surface area (Å²) in [5.74, 6) is 0. The lowest BCUT2D eigenvalue weighted by atomic mass is 10.2. The second kappa shape index (κ2) is 5.60. The number of nitrogens with two attached hydrogens (primary N) is 1. The van der Waals surface area contributed by atoms with E-state index in [0.717, 1.165) is 19.4 Å². The minimum Gasteiger partial charge on any atom is -0.327 e. The van der Waals surface area contributed by atoms with Crippen molar-refractivity contribution in [3.63, 3.8) is 0 Å². The Morgan fingerprint density at radius 3 is 2.71 bits per heavy atom. The summed E-state index contributed by atoms with van der Waals surface area (Å²) >= 11 is 0. The van der Waals surface area contributed by atoms with Gasteiger partial charge < -0.3 is 5.73 Å². The lowest BCUT2D eigenvalue weighted by molar-refractivity contribution is 0.651. The molecule has 1 aromatic rings. The van der Waals surface area contributed by atoms with Crippen LogP contribution in [-0.2, 0) is 19.4 Å². The highest BCUT2D eigenvalue weighted by Crippen LogP contribution is 2.06. The second-order valence-electron chi connectivity index (χ2n) is 3.22. The van der Waals surface area contributed by atoms with Crippen LogP contribution >= 0.6 is 0 Å². The predicted molar refractivity (Wildman–Crippen MR) is 59.2 cm³/mol. The van der Waals surface area contributed by atoms with Crippen LogP contribution in [0.1, 0.15) is 25.2 Å². The van der Waals surface area contributed by atoms with Crippen LogP contribution in [0.2, 0.25) is 0 Å². The van der Waals surface area contributed by atoms with Gasteiger partial charge in [0.1, 0.15) is 0 Å². The molecular formula is C11H19N3. The van der Waals surface area contributed by atoms with Gasteiger partial charge in [0.15, 0.2) is 0 Å². The third kappa shape index (κ3) is 2.70. The van der Waals surface area contributed by atoms with Crippen molar-refractivity contribution in [2.75, 3.05) is 6.54 Å². The van der Waals surface area contributed by atoms with E-state index in [-0.39, 0.29) is 0 Å². The van der Waals surface area contributed by atoms with Crippen LogP contribution in [0.4, 0.5) is 0 Å². The van der Waals surface area contributed by atoms with Gasteiger partial charge in [0.25, 0.3) is 0 Å². The number of nitrogens with zero attached hydrogens (tertiary/aromatic N) is 2. The highest BCUT2D eigenvalue weighted by molar-refractivity contribution is 5.10. The molecule has 0 spiro atoms. The Bertz CT molecular complexity index is 299. The molecule has 0 bridgehead atoms. The Balaban J connectivity index is 2.73. The molecule has 0 aliphatic heterocycles. The minimum atomic E-state index is 0.601. The molecule has 0 saturated heterocycles. The quantitative estimate of drug-likeness (QED) is 0.721. The molecule has 14 heavy (non-hydrogen) atoms. The number of allylic oxidation sites excluding steroid dienone is 1. The van der Waals surface area contributed by atoms with Crippen molar-refractivity contribution in [1.29, 1.82) is 0 Å². The van der Waals surface area contributed by atoms with E-state index in [1.807, 2.05) is 10.8 Å². The third-order valence-corrected chi connectivity index (χ3v) is 2.22. The van der Waals surface area contributed by atoms with Crippen LogP contribution in [0.15, 0.2) is 18.2 Å². The summed E-state index contributed by atoms with van der Waals surface area (Å²) in [7, 11) is 0. The van der Waals surface area contributed by atoms with Gasteiger partial charge in [-0.2, -0.15) is 5.10 Å². The van der Waals surface area contributed by atoms with Crippen LogP contribution in [0.5, 0.6) is 0 Å². The summed E-state index contributed by atoms with van der Waals surface area (Å²) in [6.07, 6.45) is 6.06. The summed E-state index contributed by atoms with van der Waals surface area (Å²) in [5.41, 5.74) is 7.84. The number of hydrogen-bond acceptors (Lipinski definition) is 2. The van der Waals surface area contributed by atoms with Crippen LogP contribution in [-0.4, -0.2) is 16.3 Å². The molecule has 0 aliphatic carbocycles. The first-order valence-corrected chi connectivity index (χ1v) is 5.22. The first-order valence-electron chi connectivity index (χ1n) is 5.22. The first-order chi connectivity index (χ1) is 6.81. The molecule has 0 aromatic carbocycles. The average molecular weight is 193 g/mol. The predicted octanol–water partition coefficient (Wildman–Crippen LogP) is 1.52. The Morgan fingerprint density at radius 2 is 2.14 bits per heavy atom. The van der Waals surface area contributed by atoms with Gasteiger partial charge in [-0.1, -0.05) is 26.0 Å². The van der Waals surface area contributed by atoms with Gasteiger partial charge in [-0.25, -0.2) is 0 Å². The topological polar surface area (TPSA) is 43.8 Å². The molecule has 78 valence electrons. The maximum atomic E-state index is 5.38. The molecule has 1 rings (SSSR count). The van der Waals surface area contributed by atoms with E-state index in [1.165, 1.54) is 11.4 Å². The summed E-state index contributed by atoms with van der Waals surface area (Å²) in [5, 5.41) is 4.50. The zero-order valence-electron chi connectivity index (χ0n) is 9.03. The molecule has 0 amide bonds. The lowest BCUT2D eigenvalue weighted by Gasteiger charge is -2.00. The summed E-state index contributed by atoms with van der Waals surface area (Å²) in [4.78, 5) is 0. The van der Waals surface area contributed by atoms with Crippen LogP contribution < -0.4 is 5.73 Å². The molecular weight excluding hydrogens is 174 g/mol. The van der Waals surface area contributed by atoms with Crippen molar-refractivity contribution in [1.82, 2.24) is 9.78 Å². The van der Waals surface area contributed by atoms with Gasteiger partial charge in [-0.05, 0) is 18.9 Å². The first kappa shape index (κ1) is 11.0. The van der Waals surface area contributed by atoms with Crippen LogP contribution in [0.25, 0.3) is 0 Å². The lowest BCUT2D eigenvalue weighted by Crippen LogP contribution is -2.03. The minimum absolute atomic E-state index is 0.601. The zero-order chi connectivity index (χ0) is 10.4. The third-order valence-electron chi connectivity index (χ3n) is 2.22. The largest absolute Gasteiger partial charge is 0.327 e. The summed E-state index contributed by atoms with van der Waals surface area (Å²) in [6, 6.07) is 2.18. The van der Waals surface area contributed by atoms with E-state index in [1.54, 1.807) is 0 Å². The Morgan fingerprint density at radius 1 is 1.36 bits per heavy atom. The zero-order valence-corrected chi connectivity index (χ0v) is 9.03. The maximum absolute atomic E-state index is 5.38. The Hall–Kier alpha value is -1.09. The normalized spacial score (nSPS) is 11.4. The highest BCUT2D eigenvalue weighted by atomic mass is 15.3. The van der Waals surface area contributed by atoms with Crippen molar-refractivity contribution in [3.05, 3.63) is 29.6 Å². The van der Waals surface area contributed by atoms with Crippen LogP contribution in [0.3, 0.4) is 0 Å². The molecule has 0 saturated carbocycles. The molecule has 3 heteroatoms. The van der Waals surface area contributed by atoms with Gasteiger partial charge in [-0.15, -0.1) is 0 Å². The SMILES string of the molecule is CCc1cc(CC)n(C/C=C/CN)n1. The second-order valence-corrected chi connectivity index (χ2v) is 3.22. The van der Waals surface area contributed by atoms with E-state index in [2.05, 4.69) is 31.1 Å². The van der Waals surface area contributed by atoms with E-state index in [9.17, 15) is 0 Å². The Kier molecular flexibility index (Phi) is 4.40. The average Bonchev–Trinajstić information content (AvgIpc) is 2.61. The highest BCUT2D eigenvalue weighted by Gasteiger charge is 2.02. The van der Waals surface area contributed by atoms with Gasteiger partial charge >= 0.3 is 0 Å². The number of aromatic nitrogens is 2. The van der Waals surface area contributed by atoms with Crippen molar-refractivity contribution in [3.8, 4) is 0 Å². The molecule has 3 nitrogen and oxygen atoms in total. The monoisotopic (exact) mass is 193 g/mol. The van der Waals surface area contributed by atoms with Crippen molar-refractivity contribution in [2.24, 2.45) is 5.73 Å². The molecule has 0 aliphatic rings. The van der Waals surface area contributed by atoms with Crippen molar-refractivity contribution < 1.29 is 0 Å². The number of hydrogen-bond donors (Lipinski definition) is 1. The fourth-order valence-electron chi connectivity index (χ4n) is 1.40. The summed E-state index contributed by atoms with van der Waals surface area (Å²) in [6.45, 7) is 5.71. The van der Waals surface area contributed by atoms with E-state index in [4.69, 9.17) is 5.73 Å². The van der Waals surface area contributed by atoms with E-state index in [0.29, 0.717) is 6.54 Å². The fraction of sp³-hybridized carbons (Fsp3) is 0.545. The molecule has 0 fully saturated rings. The van der Waals surface area contributed by atoms with Crippen molar-refractivity contribution >= 4 is 0 Å². The summed E-state index contributed by atoms with van der Waals surface area (Å²) < 4.78 is 2.05. The van der Waals surface area contributed by atoms with Gasteiger partial charge in [0.2, 0.25) is 0 Å². The van der Waals surface area contributed by atoms with Gasteiger partial charge in [0.05, 0.1) is 12.2 Å². The van der Waals surface area contributed by atoms with E-state index >= 15 is 0 Å². The van der Waals surface area contributed by atoms with Gasteiger partial charge in [0, 0.05) is 12.2 Å². The number of rotatable bonds is 5. The molecule has 0 unspecified atom stereocenters. The fourth-order valence-corrected chi connectivity index (χ4v) is 1.40. The molecule has 2 N–H and O–H groups in total. The van der Waals surface area contributed by atoms with Crippen LogP contribution in [0, 0.1) is 0 Å². The maximum Gasteiger partial charge on any atom is 0.0624 e. The molecule has 1 aromatic heterocycles.